The van der Waals surface area contributed by atoms with Gasteiger partial charge in [-0.2, -0.15) is 0 Å². The van der Waals surface area contributed by atoms with Crippen molar-refractivity contribution in [3.8, 4) is 0 Å². The van der Waals surface area contributed by atoms with E-state index in [1.165, 1.54) is 0 Å². The largest absolute Gasteiger partial charge is 0.481 e. The van der Waals surface area contributed by atoms with Gasteiger partial charge >= 0.3 is 5.97 Å². The van der Waals surface area contributed by atoms with Crippen molar-refractivity contribution in [3.63, 3.8) is 0 Å². The van der Waals surface area contributed by atoms with Crippen molar-refractivity contribution in [2.45, 2.75) is 52.4 Å². The fourth-order valence-corrected chi connectivity index (χ4v) is 3.03. The number of carboxylic acid groups (broad SMARTS) is 1. The van der Waals surface area contributed by atoms with Gasteiger partial charge < -0.3 is 15.7 Å². The number of rotatable bonds is 8. The molecule has 2 atom stereocenters. The van der Waals surface area contributed by atoms with Crippen LogP contribution in [0.5, 0.6) is 0 Å². The summed E-state index contributed by atoms with van der Waals surface area (Å²) in [4.78, 5) is 23.6. The van der Waals surface area contributed by atoms with Crippen LogP contribution in [0, 0.1) is 11.3 Å². The van der Waals surface area contributed by atoms with Gasteiger partial charge in [-0.25, -0.2) is 0 Å². The average Bonchev–Trinajstić information content (AvgIpc) is 2.44. The molecule has 1 aliphatic rings. The van der Waals surface area contributed by atoms with E-state index in [-0.39, 0.29) is 17.9 Å². The summed E-state index contributed by atoms with van der Waals surface area (Å²) in [5, 5.41) is 15.3. The third-order valence-corrected chi connectivity index (χ3v) is 4.18. The third kappa shape index (κ3) is 4.47. The van der Waals surface area contributed by atoms with Crippen molar-refractivity contribution in [1.82, 2.24) is 10.6 Å². The first-order valence-corrected chi connectivity index (χ1v) is 7.77. The van der Waals surface area contributed by atoms with E-state index in [0.717, 1.165) is 38.6 Å². The molecule has 0 saturated carbocycles. The van der Waals surface area contributed by atoms with Crippen LogP contribution in [0.4, 0.5) is 0 Å². The lowest BCUT2D eigenvalue weighted by molar-refractivity contribution is -0.142. The van der Waals surface area contributed by atoms with Gasteiger partial charge in [0.25, 0.3) is 0 Å². The van der Waals surface area contributed by atoms with E-state index >= 15 is 0 Å². The van der Waals surface area contributed by atoms with Crippen molar-refractivity contribution in [2.75, 3.05) is 19.6 Å². The number of amides is 1. The van der Waals surface area contributed by atoms with Crippen molar-refractivity contribution in [3.05, 3.63) is 0 Å². The zero-order chi connectivity index (χ0) is 15.0. The predicted molar refractivity (Wildman–Crippen MR) is 78.5 cm³/mol. The summed E-state index contributed by atoms with van der Waals surface area (Å²) in [6.07, 6.45) is 5.14. The molecule has 1 heterocycles. The van der Waals surface area contributed by atoms with E-state index in [1.54, 1.807) is 0 Å². The number of carbonyl (C=O) groups excluding carboxylic acids is 1. The van der Waals surface area contributed by atoms with Gasteiger partial charge in [-0.1, -0.05) is 26.7 Å². The Morgan fingerprint density at radius 1 is 1.35 bits per heavy atom. The van der Waals surface area contributed by atoms with E-state index in [9.17, 15) is 9.59 Å². The van der Waals surface area contributed by atoms with Crippen molar-refractivity contribution < 1.29 is 14.7 Å². The van der Waals surface area contributed by atoms with Crippen LogP contribution >= 0.6 is 0 Å². The van der Waals surface area contributed by atoms with Crippen LogP contribution in [-0.4, -0.2) is 36.6 Å². The molecule has 3 N–H and O–H groups in total. The topological polar surface area (TPSA) is 78.4 Å². The molecular weight excluding hydrogens is 256 g/mol. The normalized spacial score (nSPS) is 24.1. The second kappa shape index (κ2) is 8.25. The lowest BCUT2D eigenvalue weighted by atomic mass is 9.76. The lowest BCUT2D eigenvalue weighted by Gasteiger charge is -2.36. The molecule has 116 valence electrons. The molecule has 1 rings (SSSR count). The van der Waals surface area contributed by atoms with Crippen LogP contribution in [0.2, 0.25) is 0 Å². The first kappa shape index (κ1) is 17.0. The summed E-state index contributed by atoms with van der Waals surface area (Å²) in [6.45, 7) is 5.96. The smallest absolute Gasteiger partial charge is 0.308 e. The van der Waals surface area contributed by atoms with Crippen LogP contribution in [0.15, 0.2) is 0 Å². The summed E-state index contributed by atoms with van der Waals surface area (Å²) in [6, 6.07) is 0. The van der Waals surface area contributed by atoms with Gasteiger partial charge in [-0.3, -0.25) is 9.59 Å². The standard InChI is InChI=1S/C15H28N2O3/c1-3-6-12(13(18)19)10-17-14(20)15(7-4-2)8-5-9-16-11-15/h12,16H,3-11H2,1-2H3,(H,17,20)(H,18,19). The van der Waals surface area contributed by atoms with Crippen LogP contribution < -0.4 is 10.6 Å². The Kier molecular flexibility index (Phi) is 6.99. The molecule has 1 fully saturated rings. The maximum absolute atomic E-state index is 12.5. The number of nitrogens with one attached hydrogen (secondary N) is 2. The van der Waals surface area contributed by atoms with Crippen molar-refractivity contribution >= 4 is 11.9 Å². The number of hydrogen-bond acceptors (Lipinski definition) is 3. The van der Waals surface area contributed by atoms with Gasteiger partial charge in [0.1, 0.15) is 0 Å². The molecular formula is C15H28N2O3. The minimum Gasteiger partial charge on any atom is -0.481 e. The van der Waals surface area contributed by atoms with Crippen LogP contribution in [-0.2, 0) is 9.59 Å². The molecule has 0 aromatic carbocycles. The third-order valence-electron chi connectivity index (χ3n) is 4.18. The average molecular weight is 284 g/mol. The highest BCUT2D eigenvalue weighted by Gasteiger charge is 2.38. The SMILES string of the molecule is CCCC(CNC(=O)C1(CCC)CCCNC1)C(=O)O. The molecule has 20 heavy (non-hydrogen) atoms. The molecule has 0 spiro atoms. The van der Waals surface area contributed by atoms with Crippen molar-refractivity contribution in [2.24, 2.45) is 11.3 Å². The molecule has 5 heteroatoms. The molecule has 1 aliphatic heterocycles. The minimum absolute atomic E-state index is 0.0221. The summed E-state index contributed by atoms with van der Waals surface area (Å²) in [5.74, 6) is -1.27. The second-order valence-corrected chi connectivity index (χ2v) is 5.84. The number of piperidine rings is 1. The van der Waals surface area contributed by atoms with E-state index in [1.807, 2.05) is 6.92 Å². The van der Waals surface area contributed by atoms with Gasteiger partial charge in [0.05, 0.1) is 11.3 Å². The predicted octanol–water partition coefficient (Wildman–Crippen LogP) is 1.77. The number of carboxylic acids is 1. The quantitative estimate of drug-likeness (QED) is 0.635. The molecule has 0 aromatic heterocycles. The van der Waals surface area contributed by atoms with Crippen LogP contribution in [0.1, 0.15) is 52.4 Å². The Morgan fingerprint density at radius 2 is 2.10 bits per heavy atom. The highest BCUT2D eigenvalue weighted by molar-refractivity contribution is 5.83. The highest BCUT2D eigenvalue weighted by Crippen LogP contribution is 2.31. The van der Waals surface area contributed by atoms with Gasteiger partial charge in [-0.05, 0) is 32.2 Å². The van der Waals surface area contributed by atoms with E-state index in [2.05, 4.69) is 17.6 Å². The van der Waals surface area contributed by atoms with E-state index in [4.69, 9.17) is 5.11 Å². The Balaban J connectivity index is 2.59. The molecule has 1 amide bonds. The number of carbonyl (C=O) groups is 2. The van der Waals surface area contributed by atoms with Gasteiger partial charge in [-0.15, -0.1) is 0 Å². The van der Waals surface area contributed by atoms with E-state index < -0.39 is 11.9 Å². The Bertz CT molecular complexity index is 320. The minimum atomic E-state index is -0.821. The first-order chi connectivity index (χ1) is 9.55. The van der Waals surface area contributed by atoms with Gasteiger partial charge in [0.2, 0.25) is 5.91 Å². The first-order valence-electron chi connectivity index (χ1n) is 7.77. The molecule has 2 unspecified atom stereocenters. The monoisotopic (exact) mass is 284 g/mol. The number of aliphatic carboxylic acids is 1. The molecule has 0 aliphatic carbocycles. The summed E-state index contributed by atoms with van der Waals surface area (Å²) >= 11 is 0. The molecule has 1 saturated heterocycles. The van der Waals surface area contributed by atoms with Crippen molar-refractivity contribution in [1.29, 1.82) is 0 Å². The lowest BCUT2D eigenvalue weighted by Crippen LogP contribution is -2.51. The van der Waals surface area contributed by atoms with Gasteiger partial charge in [0.15, 0.2) is 0 Å². The molecule has 5 nitrogen and oxygen atoms in total. The number of hydrogen-bond donors (Lipinski definition) is 3. The summed E-state index contributed by atoms with van der Waals surface area (Å²) in [5.41, 5.74) is -0.345. The maximum Gasteiger partial charge on any atom is 0.308 e. The zero-order valence-corrected chi connectivity index (χ0v) is 12.7. The van der Waals surface area contributed by atoms with Crippen LogP contribution in [0.25, 0.3) is 0 Å². The summed E-state index contributed by atoms with van der Waals surface area (Å²) in [7, 11) is 0. The fraction of sp³-hybridized carbons (Fsp3) is 0.867. The highest BCUT2D eigenvalue weighted by atomic mass is 16.4. The van der Waals surface area contributed by atoms with Gasteiger partial charge in [0, 0.05) is 13.1 Å². The Hall–Kier alpha value is -1.10. The molecule has 0 aromatic rings. The Labute approximate surface area is 121 Å². The zero-order valence-electron chi connectivity index (χ0n) is 12.7. The second-order valence-electron chi connectivity index (χ2n) is 5.84. The molecule has 0 radical (unpaired) electrons. The fourth-order valence-electron chi connectivity index (χ4n) is 3.03. The summed E-state index contributed by atoms with van der Waals surface area (Å²) < 4.78 is 0. The molecule has 0 bridgehead atoms. The Morgan fingerprint density at radius 3 is 2.60 bits per heavy atom. The van der Waals surface area contributed by atoms with E-state index in [0.29, 0.717) is 13.0 Å². The maximum atomic E-state index is 12.5. The van der Waals surface area contributed by atoms with Crippen LogP contribution in [0.3, 0.4) is 0 Å².